The van der Waals surface area contributed by atoms with E-state index in [0.717, 1.165) is 31.6 Å². The number of nitrogen functional groups attached to an aromatic ring is 1. The van der Waals surface area contributed by atoms with Crippen molar-refractivity contribution in [1.82, 2.24) is 24.4 Å². The number of nitrogens with zero attached hydrogens (tertiary/aromatic N) is 6. The van der Waals surface area contributed by atoms with Crippen molar-refractivity contribution >= 4 is 11.6 Å². The number of ether oxygens (including phenoxy) is 1. The maximum Gasteiger partial charge on any atom is 0.419 e. The first-order valence-corrected chi connectivity index (χ1v) is 12.9. The molecule has 0 bridgehead atoms. The van der Waals surface area contributed by atoms with Gasteiger partial charge in [-0.2, -0.15) is 13.2 Å². The lowest BCUT2D eigenvalue weighted by Crippen LogP contribution is -2.43. The first-order valence-electron chi connectivity index (χ1n) is 12.9. The van der Waals surface area contributed by atoms with Gasteiger partial charge in [-0.05, 0) is 51.1 Å². The molecule has 2 N–H and O–H groups in total. The third kappa shape index (κ3) is 5.63. The minimum Gasteiger partial charge on any atom is -0.487 e. The molecule has 2 unspecified atom stereocenters. The molecule has 2 fully saturated rings. The minimum atomic E-state index is -4.84. The van der Waals surface area contributed by atoms with Gasteiger partial charge in [0.05, 0.1) is 30.3 Å². The Morgan fingerprint density at radius 3 is 2.59 bits per heavy atom. The van der Waals surface area contributed by atoms with Crippen LogP contribution in [-0.2, 0) is 12.7 Å². The summed E-state index contributed by atoms with van der Waals surface area (Å²) in [7, 11) is 0. The van der Waals surface area contributed by atoms with E-state index in [0.29, 0.717) is 50.1 Å². The van der Waals surface area contributed by atoms with Crippen LogP contribution in [0.2, 0.25) is 0 Å². The second kappa shape index (κ2) is 10.9. The summed E-state index contributed by atoms with van der Waals surface area (Å²) in [5.41, 5.74) is 4.97. The van der Waals surface area contributed by atoms with E-state index in [1.165, 1.54) is 12.4 Å². The second-order valence-electron chi connectivity index (χ2n) is 9.77. The first-order chi connectivity index (χ1) is 18.7. The molecule has 2 aliphatic rings. The number of rotatable bonds is 8. The molecular weight excluding hydrogens is 521 g/mol. The lowest BCUT2D eigenvalue weighted by molar-refractivity contribution is -0.139. The van der Waals surface area contributed by atoms with Gasteiger partial charge in [0.2, 0.25) is 5.75 Å². The molecule has 3 aromatic rings. The Bertz CT molecular complexity index is 1310. The number of piperidine rings is 1. The van der Waals surface area contributed by atoms with E-state index in [4.69, 9.17) is 10.5 Å². The maximum absolute atomic E-state index is 15.8. The van der Waals surface area contributed by atoms with E-state index < -0.39 is 29.6 Å². The van der Waals surface area contributed by atoms with Gasteiger partial charge in [-0.25, -0.2) is 23.7 Å². The molecule has 2 aliphatic heterocycles. The molecule has 0 aliphatic carbocycles. The molecule has 5 rings (SSSR count). The molecule has 0 amide bonds. The molecule has 0 spiro atoms. The van der Waals surface area contributed by atoms with E-state index >= 15 is 4.39 Å². The molecule has 2 saturated heterocycles. The predicted molar refractivity (Wildman–Crippen MR) is 136 cm³/mol. The van der Waals surface area contributed by atoms with Gasteiger partial charge in [-0.3, -0.25) is 0 Å². The van der Waals surface area contributed by atoms with Gasteiger partial charge in [-0.1, -0.05) is 0 Å². The van der Waals surface area contributed by atoms with Crippen LogP contribution in [0, 0.1) is 5.82 Å². The van der Waals surface area contributed by atoms with Crippen molar-refractivity contribution < 1.29 is 26.7 Å². The fraction of sp³-hybridized carbons (Fsp3) is 0.500. The van der Waals surface area contributed by atoms with Crippen molar-refractivity contribution in [2.24, 2.45) is 0 Å². The largest absolute Gasteiger partial charge is 0.487 e. The van der Waals surface area contributed by atoms with Crippen molar-refractivity contribution in [3.8, 4) is 17.0 Å². The van der Waals surface area contributed by atoms with Gasteiger partial charge in [-0.15, -0.1) is 0 Å². The molecule has 2 aromatic heterocycles. The molecule has 0 radical (unpaired) electrons. The summed E-state index contributed by atoms with van der Waals surface area (Å²) in [6.45, 7) is 5.76. The Kier molecular flexibility index (Phi) is 7.61. The fourth-order valence-corrected chi connectivity index (χ4v) is 5.07. The quantitative estimate of drug-likeness (QED) is 0.412. The number of hydrogen-bond acceptors (Lipinski definition) is 7. The number of imidazole rings is 1. The van der Waals surface area contributed by atoms with Crippen LogP contribution in [0.4, 0.5) is 33.6 Å². The molecule has 39 heavy (non-hydrogen) atoms. The Morgan fingerprint density at radius 1 is 1.13 bits per heavy atom. The zero-order valence-electron chi connectivity index (χ0n) is 21.5. The van der Waals surface area contributed by atoms with E-state index in [1.807, 2.05) is 4.57 Å². The van der Waals surface area contributed by atoms with E-state index in [9.17, 15) is 17.6 Å². The van der Waals surface area contributed by atoms with Crippen LogP contribution < -0.4 is 15.4 Å². The summed E-state index contributed by atoms with van der Waals surface area (Å²) in [6.07, 6.45) is -1.75. The van der Waals surface area contributed by atoms with Crippen molar-refractivity contribution in [1.29, 1.82) is 0 Å². The predicted octanol–water partition coefficient (Wildman–Crippen LogP) is 4.52. The van der Waals surface area contributed by atoms with Crippen LogP contribution >= 0.6 is 0 Å². The zero-order chi connectivity index (χ0) is 27.7. The number of halogens is 5. The van der Waals surface area contributed by atoms with E-state index in [-0.39, 0.29) is 23.6 Å². The van der Waals surface area contributed by atoms with Crippen LogP contribution in [0.5, 0.6) is 5.75 Å². The summed E-state index contributed by atoms with van der Waals surface area (Å²) < 4.78 is 77.2. The first kappa shape index (κ1) is 27.1. The molecular formula is C26H30F5N7O. The molecule has 8 nitrogen and oxygen atoms in total. The Balaban J connectivity index is 1.43. The summed E-state index contributed by atoms with van der Waals surface area (Å²) in [5.74, 6) is -0.592. The summed E-state index contributed by atoms with van der Waals surface area (Å²) >= 11 is 0. The monoisotopic (exact) mass is 551 g/mol. The van der Waals surface area contributed by atoms with Gasteiger partial charge in [0, 0.05) is 31.4 Å². The van der Waals surface area contributed by atoms with Crippen molar-refractivity contribution in [3.63, 3.8) is 0 Å². The van der Waals surface area contributed by atoms with Gasteiger partial charge < -0.3 is 24.8 Å². The second-order valence-corrected chi connectivity index (χ2v) is 9.77. The zero-order valence-corrected chi connectivity index (χ0v) is 21.5. The average Bonchev–Trinajstić information content (AvgIpc) is 3.28. The number of anilines is 2. The fourth-order valence-electron chi connectivity index (χ4n) is 5.07. The topological polar surface area (TPSA) is 85.3 Å². The summed E-state index contributed by atoms with van der Waals surface area (Å²) in [5, 5.41) is 0. The molecule has 210 valence electrons. The highest BCUT2D eigenvalue weighted by molar-refractivity contribution is 5.63. The highest BCUT2D eigenvalue weighted by Gasteiger charge is 2.37. The Morgan fingerprint density at radius 2 is 1.92 bits per heavy atom. The smallest absolute Gasteiger partial charge is 0.419 e. The molecule has 1 aromatic carbocycles. The molecule has 0 saturated carbocycles. The number of likely N-dealkylation sites (tertiary alicyclic amines) is 1. The normalized spacial score (nSPS) is 20.2. The number of hydrogen-bond donors (Lipinski definition) is 1. The van der Waals surface area contributed by atoms with Crippen molar-refractivity contribution in [3.05, 3.63) is 47.9 Å². The van der Waals surface area contributed by atoms with Crippen molar-refractivity contribution in [2.45, 2.75) is 44.6 Å². The van der Waals surface area contributed by atoms with Crippen LogP contribution in [0.25, 0.3) is 11.3 Å². The SMILES string of the molecule is CCOc1c(N)ncnc1N1CCC(c2nc(-c3ccc(F)c(C(F)(F)F)c3)cn2CCN2CCC2)C(F)C1. The molecule has 4 heterocycles. The number of nitrogens with two attached hydrogens (primary N) is 1. The average molecular weight is 552 g/mol. The number of benzene rings is 1. The van der Waals surface area contributed by atoms with Gasteiger partial charge in [0.15, 0.2) is 11.6 Å². The summed E-state index contributed by atoms with van der Waals surface area (Å²) in [4.78, 5) is 16.8. The highest BCUT2D eigenvalue weighted by Crippen LogP contribution is 2.38. The van der Waals surface area contributed by atoms with Crippen LogP contribution in [0.3, 0.4) is 0 Å². The lowest BCUT2D eigenvalue weighted by atomic mass is 9.93. The van der Waals surface area contributed by atoms with Crippen LogP contribution in [0.15, 0.2) is 30.7 Å². The van der Waals surface area contributed by atoms with Gasteiger partial charge >= 0.3 is 6.18 Å². The van der Waals surface area contributed by atoms with Gasteiger partial charge in [0.25, 0.3) is 0 Å². The van der Waals surface area contributed by atoms with Crippen LogP contribution in [-0.4, -0.2) is 69.9 Å². The maximum atomic E-state index is 15.8. The minimum absolute atomic E-state index is 0.00425. The Labute approximate surface area is 222 Å². The van der Waals surface area contributed by atoms with E-state index in [2.05, 4.69) is 19.9 Å². The Hall–Kier alpha value is -3.48. The van der Waals surface area contributed by atoms with E-state index in [1.54, 1.807) is 18.0 Å². The lowest BCUT2D eigenvalue weighted by Gasteiger charge is -2.36. The standard InChI is InChI=1S/C26H30F5N7O/c1-2-39-22-23(32)33-15-34-25(22)37-9-6-17(20(28)13-37)24-35-21(14-38(24)11-10-36-7-3-8-36)16-4-5-19(27)18(12-16)26(29,30)31/h4-5,12,14-15,17,20H,2-3,6-11,13H2,1H3,(H2,32,33,34). The third-order valence-electron chi connectivity index (χ3n) is 7.25. The number of aromatic nitrogens is 4. The van der Waals surface area contributed by atoms with Crippen LogP contribution in [0.1, 0.15) is 37.1 Å². The summed E-state index contributed by atoms with van der Waals surface area (Å²) in [6, 6.07) is 2.81. The molecule has 2 atom stereocenters. The highest BCUT2D eigenvalue weighted by atomic mass is 19.4. The number of alkyl halides is 4. The third-order valence-corrected chi connectivity index (χ3v) is 7.25. The van der Waals surface area contributed by atoms with Crippen molar-refractivity contribution in [2.75, 3.05) is 50.0 Å². The molecule has 13 heteroatoms. The van der Waals surface area contributed by atoms with Gasteiger partial charge in [0.1, 0.15) is 24.1 Å².